The van der Waals surface area contributed by atoms with Crippen molar-refractivity contribution in [3.05, 3.63) is 21.4 Å². The fourth-order valence-corrected chi connectivity index (χ4v) is 2.78. The number of likely N-dealkylation sites (N-methyl/N-ethyl adjacent to an activating group) is 1. The molecule has 21 heavy (non-hydrogen) atoms. The molecule has 1 rings (SSSR count). The topological polar surface area (TPSA) is 58.4 Å². The molecule has 0 spiro atoms. The first-order chi connectivity index (χ1) is 9.99. The minimum Gasteiger partial charge on any atom is -0.350 e. The second-order valence-electron chi connectivity index (χ2n) is 5.12. The lowest BCUT2D eigenvalue weighted by Crippen LogP contribution is -2.36. The number of nitrogens with two attached hydrogens (primary N) is 1. The molecule has 3 N–H and O–H groups in total. The molecule has 0 aliphatic rings. The van der Waals surface area contributed by atoms with Gasteiger partial charge in [0, 0.05) is 19.1 Å². The number of nitrogens with one attached hydrogen (secondary N) is 1. The Kier molecular flexibility index (Phi) is 7.44. The average Bonchev–Trinajstić information content (AvgIpc) is 2.85. The van der Waals surface area contributed by atoms with Gasteiger partial charge in [-0.3, -0.25) is 4.79 Å². The van der Waals surface area contributed by atoms with Crippen LogP contribution in [0.25, 0.3) is 0 Å². The molecule has 1 unspecified atom stereocenters. The van der Waals surface area contributed by atoms with Crippen LogP contribution in [0.15, 0.2) is 6.07 Å². The zero-order chi connectivity index (χ0) is 15.8. The molecule has 0 bridgehead atoms. The number of carbonyl (C=O) groups excluding carboxylic acids is 1. The Hall–Kier alpha value is -1.35. The summed E-state index contributed by atoms with van der Waals surface area (Å²) in [6.45, 7) is 8.15. The van der Waals surface area contributed by atoms with Gasteiger partial charge < -0.3 is 16.0 Å². The fourth-order valence-electron chi connectivity index (χ4n) is 1.81. The van der Waals surface area contributed by atoms with Crippen LogP contribution in [0.4, 0.5) is 0 Å². The number of hydrogen-bond acceptors (Lipinski definition) is 4. The lowest BCUT2D eigenvalue weighted by molar-refractivity contribution is 0.0951. The summed E-state index contributed by atoms with van der Waals surface area (Å²) >= 11 is 1.42. The molecule has 0 aliphatic carbocycles. The van der Waals surface area contributed by atoms with E-state index in [2.05, 4.69) is 43.0 Å². The van der Waals surface area contributed by atoms with Gasteiger partial charge in [-0.25, -0.2) is 0 Å². The van der Waals surface area contributed by atoms with E-state index in [1.54, 1.807) is 0 Å². The standard InChI is InChI=1S/C16H25N3OS/c1-5-13(3)19(4)10-9-18-16(20)15-11-12(2)14(21-15)7-6-8-17/h11,13H,5,8-10,17H2,1-4H3,(H,18,20). The van der Waals surface area contributed by atoms with Crippen LogP contribution in [-0.2, 0) is 0 Å². The normalized spacial score (nSPS) is 11.9. The zero-order valence-electron chi connectivity index (χ0n) is 13.3. The molecule has 0 aromatic carbocycles. The Bertz CT molecular complexity index is 527. The molecule has 5 heteroatoms. The van der Waals surface area contributed by atoms with Crippen LogP contribution >= 0.6 is 11.3 Å². The maximum atomic E-state index is 12.1. The van der Waals surface area contributed by atoms with Crippen LogP contribution in [0.1, 0.15) is 40.4 Å². The maximum Gasteiger partial charge on any atom is 0.261 e. The summed E-state index contributed by atoms with van der Waals surface area (Å²) in [7, 11) is 2.08. The molecule has 116 valence electrons. The third-order valence-electron chi connectivity index (χ3n) is 3.54. The van der Waals surface area contributed by atoms with E-state index in [9.17, 15) is 4.79 Å². The van der Waals surface area contributed by atoms with Crippen molar-refractivity contribution < 1.29 is 4.79 Å². The SMILES string of the molecule is CCC(C)N(C)CCNC(=O)c1cc(C)c(C#CCN)s1. The molecular weight excluding hydrogens is 282 g/mol. The van der Waals surface area contributed by atoms with E-state index in [4.69, 9.17) is 5.73 Å². The van der Waals surface area contributed by atoms with E-state index in [0.717, 1.165) is 23.4 Å². The molecule has 0 saturated heterocycles. The number of aryl methyl sites for hydroxylation is 1. The third-order valence-corrected chi connectivity index (χ3v) is 4.69. The summed E-state index contributed by atoms with van der Waals surface area (Å²) < 4.78 is 0. The van der Waals surface area contributed by atoms with E-state index in [1.165, 1.54) is 11.3 Å². The molecule has 0 aliphatic heterocycles. The van der Waals surface area contributed by atoms with Gasteiger partial charge in [-0.15, -0.1) is 11.3 Å². The first-order valence-electron chi connectivity index (χ1n) is 7.27. The second-order valence-corrected chi connectivity index (χ2v) is 6.17. The molecule has 1 aromatic rings. The first kappa shape index (κ1) is 17.7. The van der Waals surface area contributed by atoms with Gasteiger partial charge in [-0.05, 0) is 38.9 Å². The van der Waals surface area contributed by atoms with Crippen molar-refractivity contribution >= 4 is 17.2 Å². The minimum atomic E-state index is -0.0264. The molecule has 0 saturated carbocycles. The lowest BCUT2D eigenvalue weighted by atomic mass is 10.2. The average molecular weight is 307 g/mol. The van der Waals surface area contributed by atoms with E-state index in [-0.39, 0.29) is 5.91 Å². The van der Waals surface area contributed by atoms with Gasteiger partial charge in [0.15, 0.2) is 0 Å². The Morgan fingerprint density at radius 3 is 2.90 bits per heavy atom. The van der Waals surface area contributed by atoms with Crippen molar-refractivity contribution in [1.82, 2.24) is 10.2 Å². The summed E-state index contributed by atoms with van der Waals surface area (Å²) in [6.07, 6.45) is 1.11. The molecule has 1 amide bonds. The van der Waals surface area contributed by atoms with E-state index < -0.39 is 0 Å². The Labute approximate surface area is 131 Å². The predicted octanol–water partition coefficient (Wildman–Crippen LogP) is 1.83. The number of nitrogens with zero attached hydrogens (tertiary/aromatic N) is 1. The molecule has 1 atom stereocenters. The molecule has 1 aromatic heterocycles. The molecule has 0 fully saturated rings. The highest BCUT2D eigenvalue weighted by atomic mass is 32.1. The number of thiophene rings is 1. The van der Waals surface area contributed by atoms with Crippen LogP contribution < -0.4 is 11.1 Å². The Morgan fingerprint density at radius 1 is 1.57 bits per heavy atom. The highest BCUT2D eigenvalue weighted by molar-refractivity contribution is 7.14. The summed E-state index contributed by atoms with van der Waals surface area (Å²) in [5, 5.41) is 2.96. The monoisotopic (exact) mass is 307 g/mol. The quantitative estimate of drug-likeness (QED) is 0.788. The number of amides is 1. The van der Waals surface area contributed by atoms with Crippen LogP contribution in [-0.4, -0.2) is 43.5 Å². The van der Waals surface area contributed by atoms with Crippen LogP contribution in [0.2, 0.25) is 0 Å². The van der Waals surface area contributed by atoms with Crippen molar-refractivity contribution in [2.24, 2.45) is 5.73 Å². The number of rotatable bonds is 6. The highest BCUT2D eigenvalue weighted by Gasteiger charge is 2.12. The number of hydrogen-bond donors (Lipinski definition) is 2. The van der Waals surface area contributed by atoms with E-state index in [0.29, 0.717) is 24.0 Å². The van der Waals surface area contributed by atoms with Gasteiger partial charge in [0.2, 0.25) is 0 Å². The van der Waals surface area contributed by atoms with E-state index >= 15 is 0 Å². The van der Waals surface area contributed by atoms with Crippen molar-refractivity contribution in [2.45, 2.75) is 33.2 Å². The van der Waals surface area contributed by atoms with Crippen molar-refractivity contribution in [2.75, 3.05) is 26.7 Å². The molecule has 4 nitrogen and oxygen atoms in total. The van der Waals surface area contributed by atoms with Crippen molar-refractivity contribution in [3.8, 4) is 11.8 Å². The van der Waals surface area contributed by atoms with Crippen LogP contribution in [0.3, 0.4) is 0 Å². The Balaban J connectivity index is 2.53. The molecular formula is C16H25N3OS. The summed E-state index contributed by atoms with van der Waals surface area (Å²) in [6, 6.07) is 2.42. The van der Waals surface area contributed by atoms with Crippen LogP contribution in [0.5, 0.6) is 0 Å². The van der Waals surface area contributed by atoms with Crippen molar-refractivity contribution in [1.29, 1.82) is 0 Å². The van der Waals surface area contributed by atoms with E-state index in [1.807, 2.05) is 13.0 Å². The molecule has 0 radical (unpaired) electrons. The number of carbonyl (C=O) groups is 1. The smallest absolute Gasteiger partial charge is 0.261 e. The van der Waals surface area contributed by atoms with Gasteiger partial charge in [-0.2, -0.15) is 0 Å². The summed E-state index contributed by atoms with van der Waals surface area (Å²) in [5.41, 5.74) is 6.40. The maximum absolute atomic E-state index is 12.1. The zero-order valence-corrected chi connectivity index (χ0v) is 14.1. The van der Waals surface area contributed by atoms with Gasteiger partial charge in [0.25, 0.3) is 5.91 Å². The van der Waals surface area contributed by atoms with Crippen molar-refractivity contribution in [3.63, 3.8) is 0 Å². The second kappa shape index (κ2) is 8.83. The third kappa shape index (κ3) is 5.50. The van der Waals surface area contributed by atoms with Gasteiger partial charge in [0.1, 0.15) is 0 Å². The largest absolute Gasteiger partial charge is 0.350 e. The first-order valence-corrected chi connectivity index (χ1v) is 8.09. The van der Waals surface area contributed by atoms with Gasteiger partial charge in [-0.1, -0.05) is 18.8 Å². The predicted molar refractivity (Wildman–Crippen MR) is 89.7 cm³/mol. The molecule has 1 heterocycles. The Morgan fingerprint density at radius 2 is 2.29 bits per heavy atom. The summed E-state index contributed by atoms with van der Waals surface area (Å²) in [5.74, 6) is 5.80. The fraction of sp³-hybridized carbons (Fsp3) is 0.562. The van der Waals surface area contributed by atoms with Gasteiger partial charge >= 0.3 is 0 Å². The lowest BCUT2D eigenvalue weighted by Gasteiger charge is -2.23. The van der Waals surface area contributed by atoms with Crippen LogP contribution in [0, 0.1) is 18.8 Å². The highest BCUT2D eigenvalue weighted by Crippen LogP contribution is 2.20. The summed E-state index contributed by atoms with van der Waals surface area (Å²) in [4.78, 5) is 16.0. The van der Waals surface area contributed by atoms with Gasteiger partial charge in [0.05, 0.1) is 16.3 Å². The minimum absolute atomic E-state index is 0.0264.